The van der Waals surface area contributed by atoms with Gasteiger partial charge < -0.3 is 20.7 Å². The number of benzene rings is 2. The molecule has 1 aliphatic rings. The third-order valence-corrected chi connectivity index (χ3v) is 5.28. The Balaban J connectivity index is 1.52. The molecule has 2 aromatic carbocycles. The van der Waals surface area contributed by atoms with E-state index in [0.29, 0.717) is 48.9 Å². The maximum Gasteiger partial charge on any atom is 0.450 e. The van der Waals surface area contributed by atoms with Crippen molar-refractivity contribution in [1.29, 1.82) is 0 Å². The van der Waals surface area contributed by atoms with Crippen LogP contribution in [0.15, 0.2) is 72.6 Å². The molecule has 3 N–H and O–H groups in total. The van der Waals surface area contributed by atoms with Crippen LogP contribution < -0.4 is 21.0 Å². The van der Waals surface area contributed by atoms with Crippen molar-refractivity contribution in [3.63, 3.8) is 0 Å². The van der Waals surface area contributed by atoms with Gasteiger partial charge in [0.1, 0.15) is 5.82 Å². The molecule has 36 heavy (non-hydrogen) atoms. The van der Waals surface area contributed by atoms with E-state index in [4.69, 9.17) is 10.5 Å². The minimum absolute atomic E-state index is 0.261. The first-order valence-corrected chi connectivity index (χ1v) is 10.9. The van der Waals surface area contributed by atoms with Crippen LogP contribution >= 0.6 is 0 Å². The molecule has 12 heteroatoms. The molecule has 2 heterocycles. The monoisotopic (exact) mass is 501 g/mol. The Morgan fingerprint density at radius 1 is 1.14 bits per heavy atom. The van der Waals surface area contributed by atoms with E-state index >= 15 is 0 Å². The SMILES string of the molecule is C=CN(/N=C(\N)C(F)(F)F)c1ccc(Nc2nccc(-c3cc(F)cc(N4CCOCC4)c3)n2)cc1. The predicted molar refractivity (Wildman–Crippen MR) is 131 cm³/mol. The zero-order chi connectivity index (χ0) is 25.7. The summed E-state index contributed by atoms with van der Waals surface area (Å²) >= 11 is 0. The van der Waals surface area contributed by atoms with Gasteiger partial charge in [0.15, 0.2) is 0 Å². The van der Waals surface area contributed by atoms with E-state index < -0.39 is 12.0 Å². The Morgan fingerprint density at radius 3 is 2.53 bits per heavy atom. The van der Waals surface area contributed by atoms with Crippen LogP contribution in [-0.4, -0.2) is 48.3 Å². The normalized spacial score (nSPS) is 14.4. The number of hydrogen-bond acceptors (Lipinski definition) is 7. The Hall–Kier alpha value is -4.19. The highest BCUT2D eigenvalue weighted by Crippen LogP contribution is 2.27. The van der Waals surface area contributed by atoms with Crippen molar-refractivity contribution in [1.82, 2.24) is 9.97 Å². The predicted octanol–water partition coefficient (Wildman–Crippen LogP) is 4.65. The Morgan fingerprint density at radius 2 is 1.86 bits per heavy atom. The molecule has 0 spiro atoms. The highest BCUT2D eigenvalue weighted by Gasteiger charge is 2.34. The molecule has 188 valence electrons. The average molecular weight is 501 g/mol. The molecule has 0 aliphatic carbocycles. The highest BCUT2D eigenvalue weighted by molar-refractivity contribution is 5.86. The van der Waals surface area contributed by atoms with Crippen molar-refractivity contribution >= 4 is 28.8 Å². The van der Waals surface area contributed by atoms with Gasteiger partial charge in [-0.25, -0.2) is 19.4 Å². The summed E-state index contributed by atoms with van der Waals surface area (Å²) in [6.07, 6.45) is -2.10. The largest absolute Gasteiger partial charge is 0.450 e. The first kappa shape index (κ1) is 24.9. The van der Waals surface area contributed by atoms with Crippen LogP contribution in [0.25, 0.3) is 11.3 Å². The number of nitrogens with two attached hydrogens (primary N) is 1. The van der Waals surface area contributed by atoms with Gasteiger partial charge in [-0.1, -0.05) is 6.58 Å². The molecule has 1 saturated heterocycles. The molecule has 0 atom stereocenters. The van der Waals surface area contributed by atoms with E-state index in [-0.39, 0.29) is 11.8 Å². The number of hydrogen-bond donors (Lipinski definition) is 2. The Kier molecular flexibility index (Phi) is 7.34. The molecular formula is C24H23F4N7O. The standard InChI is InChI=1S/C24H23F4N7O/c1-2-35(33-22(29)24(26,27)28)19-5-3-18(4-6-19)31-23-30-8-7-21(32-23)16-13-17(25)15-20(14-16)34-9-11-36-12-10-34/h2-8,13-15H,1,9-12H2,(H2,29,33)(H,30,31,32). The maximum atomic E-state index is 14.4. The lowest BCUT2D eigenvalue weighted by molar-refractivity contribution is -0.0600. The number of anilines is 4. The summed E-state index contributed by atoms with van der Waals surface area (Å²) in [7, 11) is 0. The first-order chi connectivity index (χ1) is 17.2. The summed E-state index contributed by atoms with van der Waals surface area (Å²) in [5.74, 6) is -1.61. The summed E-state index contributed by atoms with van der Waals surface area (Å²) < 4.78 is 57.8. The van der Waals surface area contributed by atoms with E-state index in [1.165, 1.54) is 24.3 Å². The summed E-state index contributed by atoms with van der Waals surface area (Å²) in [4.78, 5) is 10.7. The number of amidine groups is 1. The number of aromatic nitrogens is 2. The summed E-state index contributed by atoms with van der Waals surface area (Å²) in [5, 5.41) is 7.29. The minimum Gasteiger partial charge on any atom is -0.378 e. The fraction of sp³-hybridized carbons (Fsp3) is 0.208. The fourth-order valence-corrected chi connectivity index (χ4v) is 3.51. The molecule has 1 aromatic heterocycles. The number of ether oxygens (including phenoxy) is 1. The summed E-state index contributed by atoms with van der Waals surface area (Å²) in [5.41, 5.74) is 7.74. The lowest BCUT2D eigenvalue weighted by Gasteiger charge is -2.29. The smallest absolute Gasteiger partial charge is 0.378 e. The van der Waals surface area contributed by atoms with Crippen molar-refractivity contribution in [2.24, 2.45) is 10.8 Å². The van der Waals surface area contributed by atoms with Crippen molar-refractivity contribution in [3.8, 4) is 11.3 Å². The average Bonchev–Trinajstić information content (AvgIpc) is 2.87. The van der Waals surface area contributed by atoms with Crippen molar-refractivity contribution in [3.05, 3.63) is 73.3 Å². The fourth-order valence-electron chi connectivity index (χ4n) is 3.51. The molecule has 1 fully saturated rings. The van der Waals surface area contributed by atoms with Crippen LogP contribution in [0.3, 0.4) is 0 Å². The van der Waals surface area contributed by atoms with Gasteiger partial charge in [0.2, 0.25) is 11.8 Å². The second-order valence-corrected chi connectivity index (χ2v) is 7.75. The number of halogens is 4. The van der Waals surface area contributed by atoms with Gasteiger partial charge in [-0.05, 0) is 48.5 Å². The molecule has 4 rings (SSSR count). The van der Waals surface area contributed by atoms with Crippen LogP contribution in [0.1, 0.15) is 0 Å². The Bertz CT molecular complexity index is 1240. The topological polar surface area (TPSA) is 91.9 Å². The third-order valence-electron chi connectivity index (χ3n) is 5.28. The van der Waals surface area contributed by atoms with E-state index in [1.54, 1.807) is 24.4 Å². The van der Waals surface area contributed by atoms with Gasteiger partial charge in [-0.15, -0.1) is 5.10 Å². The van der Waals surface area contributed by atoms with Gasteiger partial charge in [0.05, 0.1) is 24.6 Å². The number of alkyl halides is 3. The second kappa shape index (κ2) is 10.6. The molecule has 0 radical (unpaired) electrons. The molecule has 1 aliphatic heterocycles. The number of morpholine rings is 1. The first-order valence-electron chi connectivity index (χ1n) is 10.9. The van der Waals surface area contributed by atoms with E-state index in [9.17, 15) is 17.6 Å². The van der Waals surface area contributed by atoms with Gasteiger partial charge >= 0.3 is 6.18 Å². The molecule has 3 aromatic rings. The van der Waals surface area contributed by atoms with Crippen LogP contribution in [0.5, 0.6) is 0 Å². The molecule has 0 saturated carbocycles. The number of nitrogens with one attached hydrogen (secondary N) is 1. The van der Waals surface area contributed by atoms with Crippen molar-refractivity contribution in [2.75, 3.05) is 41.5 Å². The lowest BCUT2D eigenvalue weighted by Crippen LogP contribution is -2.36. The van der Waals surface area contributed by atoms with Gasteiger partial charge in [0.25, 0.3) is 0 Å². The van der Waals surface area contributed by atoms with Crippen LogP contribution in [0, 0.1) is 5.82 Å². The second-order valence-electron chi connectivity index (χ2n) is 7.75. The van der Waals surface area contributed by atoms with Crippen LogP contribution in [0.2, 0.25) is 0 Å². The number of nitrogens with zero attached hydrogens (tertiary/aromatic N) is 5. The maximum absolute atomic E-state index is 14.4. The zero-order valence-electron chi connectivity index (χ0n) is 19.0. The third kappa shape index (κ3) is 6.08. The Labute approximate surface area is 204 Å². The van der Waals surface area contributed by atoms with Crippen molar-refractivity contribution in [2.45, 2.75) is 6.18 Å². The van der Waals surface area contributed by atoms with Gasteiger partial charge in [0, 0.05) is 42.4 Å². The van der Waals surface area contributed by atoms with Crippen LogP contribution in [0.4, 0.5) is 40.6 Å². The zero-order valence-corrected chi connectivity index (χ0v) is 19.0. The number of rotatable bonds is 7. The van der Waals surface area contributed by atoms with E-state index in [2.05, 4.69) is 31.9 Å². The molecule has 0 unspecified atom stereocenters. The highest BCUT2D eigenvalue weighted by atomic mass is 19.4. The van der Waals surface area contributed by atoms with Gasteiger partial charge in [-0.3, -0.25) is 0 Å². The van der Waals surface area contributed by atoms with E-state index in [0.717, 1.165) is 16.9 Å². The summed E-state index contributed by atoms with van der Waals surface area (Å²) in [6.45, 7) is 5.98. The minimum atomic E-state index is -4.75. The van der Waals surface area contributed by atoms with Crippen molar-refractivity contribution < 1.29 is 22.3 Å². The quantitative estimate of drug-likeness (QED) is 0.211. The lowest BCUT2D eigenvalue weighted by atomic mass is 10.1. The molecule has 0 bridgehead atoms. The molecular weight excluding hydrogens is 478 g/mol. The van der Waals surface area contributed by atoms with Gasteiger partial charge in [-0.2, -0.15) is 13.2 Å². The summed E-state index contributed by atoms with van der Waals surface area (Å²) in [6, 6.07) is 12.7. The van der Waals surface area contributed by atoms with Crippen LogP contribution in [-0.2, 0) is 4.74 Å². The van der Waals surface area contributed by atoms with E-state index in [1.807, 2.05) is 6.07 Å². The molecule has 0 amide bonds. The number of hydrazone groups is 1. The molecule has 8 nitrogen and oxygen atoms in total.